The third kappa shape index (κ3) is 6.15. The number of allylic oxidation sites excluding steroid dienone is 2. The van der Waals surface area contributed by atoms with Crippen molar-refractivity contribution in [3.63, 3.8) is 0 Å². The molecule has 0 aromatic heterocycles. The second-order valence-electron chi connectivity index (χ2n) is 10.3. The Morgan fingerprint density at radius 2 is 1.59 bits per heavy atom. The predicted molar refractivity (Wildman–Crippen MR) is 150 cm³/mol. The number of aliphatic carboxylic acids is 2. The first-order valence-electron chi connectivity index (χ1n) is 13.3. The van der Waals surface area contributed by atoms with Gasteiger partial charge in [0.2, 0.25) is 6.10 Å². The van der Waals surface area contributed by atoms with E-state index in [4.69, 9.17) is 21.1 Å². The lowest BCUT2D eigenvalue weighted by Gasteiger charge is -2.45. The smallest absolute Gasteiger partial charge is 0.410 e. The number of halogens is 1. The molecule has 1 aliphatic carbocycles. The summed E-state index contributed by atoms with van der Waals surface area (Å²) in [6, 6.07) is 17.7. The summed E-state index contributed by atoms with van der Waals surface area (Å²) in [5, 5.41) is 20.3. The zero-order chi connectivity index (χ0) is 29.7. The molecule has 0 bridgehead atoms. The fourth-order valence-electron chi connectivity index (χ4n) is 5.77. The Labute approximate surface area is 243 Å². The number of likely N-dealkylation sites (tertiary alicyclic amines) is 1. The summed E-state index contributed by atoms with van der Waals surface area (Å²) < 4.78 is 11.1. The molecule has 4 rings (SSSR count). The minimum absolute atomic E-state index is 0.0176. The largest absolute Gasteiger partial charge is 0.481 e. The standard InChI is InChI=1S/C31H32ClNO8/c1-19-24(32)17-31(29(37)38,20(2)25(19)27(34)35)23-13-15-33(16-14-23)30(39)41-26(22-11-7-4-8-12-22)28(36)40-18-21-9-5-3-6-10-21/h3-12,17,20,23,26H,13-16,18H2,1-2H3,(H,34,35)(H,37,38). The van der Waals surface area contributed by atoms with Crippen molar-refractivity contribution in [2.24, 2.45) is 17.3 Å². The molecule has 3 unspecified atom stereocenters. The van der Waals surface area contributed by atoms with Crippen molar-refractivity contribution in [3.8, 4) is 0 Å². The number of carbonyl (C=O) groups is 4. The fraction of sp³-hybridized carbons (Fsp3) is 0.355. The molecule has 9 nitrogen and oxygen atoms in total. The molecule has 1 fully saturated rings. The van der Waals surface area contributed by atoms with Gasteiger partial charge < -0.3 is 24.6 Å². The highest BCUT2D eigenvalue weighted by Crippen LogP contribution is 2.51. The number of esters is 1. The van der Waals surface area contributed by atoms with Gasteiger partial charge in [-0.2, -0.15) is 0 Å². The monoisotopic (exact) mass is 581 g/mol. The number of carbonyl (C=O) groups excluding carboxylic acids is 2. The molecule has 2 N–H and O–H groups in total. The van der Waals surface area contributed by atoms with Crippen LogP contribution < -0.4 is 0 Å². The quantitative estimate of drug-likeness (QED) is 0.387. The number of rotatable bonds is 8. The fourth-order valence-corrected chi connectivity index (χ4v) is 6.06. The van der Waals surface area contributed by atoms with Gasteiger partial charge in [-0.15, -0.1) is 0 Å². The van der Waals surface area contributed by atoms with Crippen LogP contribution in [0.3, 0.4) is 0 Å². The van der Waals surface area contributed by atoms with Crippen LogP contribution in [0.2, 0.25) is 0 Å². The number of piperidine rings is 1. The molecular formula is C31H32ClNO8. The molecule has 2 aromatic carbocycles. The molecule has 1 amide bonds. The van der Waals surface area contributed by atoms with Crippen LogP contribution in [0.15, 0.2) is 82.9 Å². The Kier molecular flexibility index (Phi) is 9.18. The minimum Gasteiger partial charge on any atom is -0.481 e. The first kappa shape index (κ1) is 29.9. The van der Waals surface area contributed by atoms with Crippen molar-refractivity contribution in [2.75, 3.05) is 13.1 Å². The Bertz CT molecular complexity index is 1370. The van der Waals surface area contributed by atoms with Gasteiger partial charge in [0, 0.05) is 35.2 Å². The second kappa shape index (κ2) is 12.6. The molecule has 0 radical (unpaired) electrons. The Morgan fingerprint density at radius 1 is 1.00 bits per heavy atom. The summed E-state index contributed by atoms with van der Waals surface area (Å²) in [6.07, 6.45) is -0.0251. The molecule has 1 heterocycles. The maximum absolute atomic E-state index is 13.2. The van der Waals surface area contributed by atoms with E-state index in [1.54, 1.807) is 44.2 Å². The molecule has 10 heteroatoms. The SMILES string of the molecule is CC1=C(C(=O)O)C(C)C(C(=O)O)(C2CCN(C(=O)OC(C(=O)OCc3ccccc3)c3ccccc3)CC2)C=C1Cl. The average Bonchev–Trinajstić information content (AvgIpc) is 2.97. The lowest BCUT2D eigenvalue weighted by molar-refractivity contribution is -0.157. The number of carboxylic acid groups (broad SMARTS) is 2. The van der Waals surface area contributed by atoms with Crippen molar-refractivity contribution in [1.29, 1.82) is 0 Å². The van der Waals surface area contributed by atoms with Gasteiger partial charge in [0.25, 0.3) is 0 Å². The van der Waals surface area contributed by atoms with Crippen molar-refractivity contribution >= 4 is 35.6 Å². The molecule has 2 aliphatic rings. The zero-order valence-electron chi connectivity index (χ0n) is 22.8. The van der Waals surface area contributed by atoms with Gasteiger partial charge in [0.1, 0.15) is 6.61 Å². The summed E-state index contributed by atoms with van der Waals surface area (Å²) in [5.74, 6) is -4.42. The van der Waals surface area contributed by atoms with Crippen LogP contribution in [-0.2, 0) is 30.5 Å². The number of amides is 1. The second-order valence-corrected chi connectivity index (χ2v) is 10.7. The van der Waals surface area contributed by atoms with Gasteiger partial charge in [0.15, 0.2) is 0 Å². The van der Waals surface area contributed by atoms with Crippen molar-refractivity contribution in [3.05, 3.63) is 94.0 Å². The van der Waals surface area contributed by atoms with E-state index in [1.165, 1.54) is 11.0 Å². The lowest BCUT2D eigenvalue weighted by Crippen LogP contribution is -2.51. The summed E-state index contributed by atoms with van der Waals surface area (Å²) >= 11 is 6.36. The van der Waals surface area contributed by atoms with Crippen LogP contribution in [0, 0.1) is 17.3 Å². The van der Waals surface area contributed by atoms with Gasteiger partial charge >= 0.3 is 24.0 Å². The molecule has 2 aromatic rings. The first-order valence-corrected chi connectivity index (χ1v) is 13.7. The van der Waals surface area contributed by atoms with Crippen molar-refractivity contribution in [2.45, 2.75) is 39.4 Å². The van der Waals surface area contributed by atoms with E-state index < -0.39 is 47.4 Å². The summed E-state index contributed by atoms with van der Waals surface area (Å²) in [5.41, 5.74) is 0.0132. The third-order valence-corrected chi connectivity index (χ3v) is 8.46. The van der Waals surface area contributed by atoms with Crippen LogP contribution in [0.5, 0.6) is 0 Å². The maximum Gasteiger partial charge on any atom is 0.410 e. The van der Waals surface area contributed by atoms with Gasteiger partial charge in [-0.1, -0.05) is 79.2 Å². The van der Waals surface area contributed by atoms with Gasteiger partial charge in [-0.05, 0) is 42.9 Å². The van der Waals surface area contributed by atoms with Crippen LogP contribution in [0.4, 0.5) is 4.79 Å². The van der Waals surface area contributed by atoms with E-state index in [-0.39, 0.29) is 43.1 Å². The number of benzene rings is 2. The van der Waals surface area contributed by atoms with E-state index in [0.717, 1.165) is 5.56 Å². The summed E-state index contributed by atoms with van der Waals surface area (Å²) in [4.78, 5) is 52.4. The summed E-state index contributed by atoms with van der Waals surface area (Å²) in [6.45, 7) is 3.48. The van der Waals surface area contributed by atoms with Gasteiger partial charge in [-0.25, -0.2) is 14.4 Å². The normalized spacial score (nSPS) is 22.0. The third-order valence-electron chi connectivity index (χ3n) is 8.07. The van der Waals surface area contributed by atoms with Gasteiger partial charge in [-0.3, -0.25) is 4.79 Å². The van der Waals surface area contributed by atoms with E-state index in [2.05, 4.69) is 0 Å². The number of ether oxygens (including phenoxy) is 2. The molecule has 216 valence electrons. The first-order chi connectivity index (χ1) is 19.6. The molecule has 41 heavy (non-hydrogen) atoms. The zero-order valence-corrected chi connectivity index (χ0v) is 23.5. The van der Waals surface area contributed by atoms with E-state index in [1.807, 2.05) is 30.3 Å². The van der Waals surface area contributed by atoms with E-state index in [0.29, 0.717) is 11.1 Å². The number of nitrogens with zero attached hydrogens (tertiary/aromatic N) is 1. The maximum atomic E-state index is 13.2. The molecule has 3 atom stereocenters. The van der Waals surface area contributed by atoms with Crippen LogP contribution in [0.25, 0.3) is 0 Å². The molecule has 0 spiro atoms. The van der Waals surface area contributed by atoms with Crippen LogP contribution in [-0.4, -0.2) is 52.2 Å². The van der Waals surface area contributed by atoms with E-state index >= 15 is 0 Å². The minimum atomic E-state index is -1.55. The Hall–Kier alpha value is -4.11. The number of carboxylic acids is 2. The highest BCUT2D eigenvalue weighted by Gasteiger charge is 2.54. The highest BCUT2D eigenvalue weighted by atomic mass is 35.5. The van der Waals surface area contributed by atoms with Crippen LogP contribution >= 0.6 is 11.6 Å². The number of hydrogen-bond donors (Lipinski definition) is 2. The summed E-state index contributed by atoms with van der Waals surface area (Å²) in [7, 11) is 0. The molecular weight excluding hydrogens is 550 g/mol. The molecule has 0 saturated carbocycles. The highest BCUT2D eigenvalue weighted by molar-refractivity contribution is 6.32. The Balaban J connectivity index is 1.47. The Morgan fingerprint density at radius 3 is 2.15 bits per heavy atom. The molecule has 1 saturated heterocycles. The van der Waals surface area contributed by atoms with E-state index in [9.17, 15) is 29.4 Å². The topological polar surface area (TPSA) is 130 Å². The van der Waals surface area contributed by atoms with Crippen molar-refractivity contribution in [1.82, 2.24) is 4.90 Å². The van der Waals surface area contributed by atoms with Gasteiger partial charge in [0.05, 0.1) is 5.41 Å². The predicted octanol–water partition coefficient (Wildman–Crippen LogP) is 5.56. The average molecular weight is 582 g/mol. The lowest BCUT2D eigenvalue weighted by atomic mass is 9.59. The van der Waals surface area contributed by atoms with Crippen molar-refractivity contribution < 1.29 is 38.9 Å². The number of hydrogen-bond acceptors (Lipinski definition) is 6. The van der Waals surface area contributed by atoms with Crippen LogP contribution in [0.1, 0.15) is 43.9 Å². The molecule has 1 aliphatic heterocycles.